The largest absolute Gasteiger partial charge is 0.469 e. The Balaban J connectivity index is 1.57. The van der Waals surface area contributed by atoms with E-state index < -0.39 is 17.6 Å². The van der Waals surface area contributed by atoms with Gasteiger partial charge in [-0.1, -0.05) is 63.5 Å². The number of esters is 1. The Morgan fingerprint density at radius 1 is 1.21 bits per heavy atom. The zero-order valence-electron chi connectivity index (χ0n) is 19.8. The van der Waals surface area contributed by atoms with Crippen LogP contribution in [0.2, 0.25) is 0 Å². The Bertz CT molecular complexity index is 943. The first-order valence-electron chi connectivity index (χ1n) is 11.9. The van der Waals surface area contributed by atoms with E-state index in [0.717, 1.165) is 30.6 Å². The van der Waals surface area contributed by atoms with Gasteiger partial charge in [0.2, 0.25) is 0 Å². The maximum absolute atomic E-state index is 13.0. The molecule has 4 atom stereocenters. The minimum absolute atomic E-state index is 0.0956. The van der Waals surface area contributed by atoms with E-state index >= 15 is 0 Å². The Morgan fingerprint density at radius 3 is 2.67 bits per heavy atom. The second-order valence-corrected chi connectivity index (χ2v) is 10.8. The first-order chi connectivity index (χ1) is 15.7. The van der Waals surface area contributed by atoms with Crippen molar-refractivity contribution in [2.24, 2.45) is 17.3 Å². The van der Waals surface area contributed by atoms with Gasteiger partial charge in [0.05, 0.1) is 24.7 Å². The van der Waals surface area contributed by atoms with E-state index in [9.17, 15) is 19.8 Å². The second-order valence-electron chi connectivity index (χ2n) is 9.65. The predicted molar refractivity (Wildman–Crippen MR) is 132 cm³/mol. The molecular formula is C27H36O5S. The van der Waals surface area contributed by atoms with Gasteiger partial charge in [0.1, 0.15) is 5.78 Å². The number of hydrogen-bond acceptors (Lipinski definition) is 6. The Labute approximate surface area is 200 Å². The fourth-order valence-electron chi connectivity index (χ4n) is 4.82. The average Bonchev–Trinajstić information content (AvgIpc) is 3.26. The Hall–Kier alpha value is -2.02. The van der Waals surface area contributed by atoms with Gasteiger partial charge in [-0.05, 0) is 30.4 Å². The molecule has 33 heavy (non-hydrogen) atoms. The molecule has 1 aromatic carbocycles. The molecule has 1 fully saturated rings. The van der Waals surface area contributed by atoms with Gasteiger partial charge in [-0.2, -0.15) is 0 Å². The SMILES string of the molecule is COC(=O)CCCCCC[C@H]1C(=O)C(C)(C)[C@@H](O)[C@@H]1/C=C/C(O)Cc1cc2ccccc2s1. The van der Waals surface area contributed by atoms with Crippen LogP contribution in [0.5, 0.6) is 0 Å². The zero-order chi connectivity index (χ0) is 24.0. The van der Waals surface area contributed by atoms with E-state index in [2.05, 4.69) is 22.9 Å². The van der Waals surface area contributed by atoms with Crippen molar-refractivity contribution < 1.29 is 24.5 Å². The minimum atomic E-state index is -0.791. The number of unbranched alkanes of at least 4 members (excludes halogenated alkanes) is 3. The molecule has 3 rings (SSSR count). The number of ketones is 1. The Morgan fingerprint density at radius 2 is 1.94 bits per heavy atom. The highest BCUT2D eigenvalue weighted by atomic mass is 32.1. The summed E-state index contributed by atoms with van der Waals surface area (Å²) >= 11 is 1.68. The van der Waals surface area contributed by atoms with Gasteiger partial charge >= 0.3 is 5.97 Å². The molecule has 0 saturated heterocycles. The van der Waals surface area contributed by atoms with Crippen molar-refractivity contribution in [2.45, 2.75) is 71.0 Å². The number of aliphatic hydroxyl groups is 2. The van der Waals surface area contributed by atoms with Gasteiger partial charge in [-0.3, -0.25) is 9.59 Å². The molecule has 0 bridgehead atoms. The lowest BCUT2D eigenvalue weighted by molar-refractivity contribution is -0.140. The van der Waals surface area contributed by atoms with Crippen LogP contribution in [-0.2, 0) is 20.7 Å². The van der Waals surface area contributed by atoms with Crippen LogP contribution in [0, 0.1) is 17.3 Å². The lowest BCUT2D eigenvalue weighted by Gasteiger charge is -2.22. The molecule has 0 aliphatic heterocycles. The number of carbonyl (C=O) groups excluding carboxylic acids is 2. The number of methoxy groups -OCH3 is 1. The molecule has 5 nitrogen and oxygen atoms in total. The van der Waals surface area contributed by atoms with E-state index in [0.29, 0.717) is 19.3 Å². The van der Waals surface area contributed by atoms with Crippen molar-refractivity contribution in [1.29, 1.82) is 0 Å². The normalized spacial score (nSPS) is 23.4. The number of benzene rings is 1. The van der Waals surface area contributed by atoms with Crippen LogP contribution >= 0.6 is 11.3 Å². The molecule has 1 unspecified atom stereocenters. The number of fused-ring (bicyclic) bond motifs is 1. The van der Waals surface area contributed by atoms with Crippen molar-refractivity contribution in [3.05, 3.63) is 47.4 Å². The number of hydrogen-bond donors (Lipinski definition) is 2. The molecule has 1 aliphatic carbocycles. The van der Waals surface area contributed by atoms with E-state index in [1.54, 1.807) is 17.4 Å². The summed E-state index contributed by atoms with van der Waals surface area (Å²) < 4.78 is 5.86. The summed E-state index contributed by atoms with van der Waals surface area (Å²) in [5.74, 6) is -0.633. The molecule has 1 aliphatic rings. The van der Waals surface area contributed by atoms with Crippen LogP contribution in [0.25, 0.3) is 10.1 Å². The summed E-state index contributed by atoms with van der Waals surface area (Å²) in [5.41, 5.74) is -0.791. The third-order valence-corrected chi connectivity index (χ3v) is 7.99. The summed E-state index contributed by atoms with van der Waals surface area (Å²) in [5, 5.41) is 22.7. The predicted octanol–water partition coefficient (Wildman–Crippen LogP) is 5.08. The number of thiophene rings is 1. The highest BCUT2D eigenvalue weighted by Gasteiger charge is 2.52. The maximum atomic E-state index is 13.0. The summed E-state index contributed by atoms with van der Waals surface area (Å²) in [4.78, 5) is 25.3. The van der Waals surface area contributed by atoms with Gasteiger partial charge < -0.3 is 14.9 Å². The molecule has 0 radical (unpaired) electrons. The lowest BCUT2D eigenvalue weighted by atomic mass is 9.86. The molecule has 2 aromatic rings. The summed E-state index contributed by atoms with van der Waals surface area (Å²) in [6.45, 7) is 3.62. The molecule has 0 amide bonds. The van der Waals surface area contributed by atoms with Gasteiger partial charge in [-0.15, -0.1) is 11.3 Å². The molecule has 0 spiro atoms. The number of ether oxygens (including phenoxy) is 1. The van der Waals surface area contributed by atoms with Crippen LogP contribution in [0.3, 0.4) is 0 Å². The van der Waals surface area contributed by atoms with Crippen molar-refractivity contribution >= 4 is 33.2 Å². The lowest BCUT2D eigenvalue weighted by Crippen LogP contribution is -2.31. The first-order valence-corrected chi connectivity index (χ1v) is 12.7. The van der Waals surface area contributed by atoms with Crippen LogP contribution in [-0.4, -0.2) is 41.3 Å². The smallest absolute Gasteiger partial charge is 0.305 e. The topological polar surface area (TPSA) is 83.8 Å². The third-order valence-electron chi connectivity index (χ3n) is 6.86. The van der Waals surface area contributed by atoms with Crippen molar-refractivity contribution in [2.75, 3.05) is 7.11 Å². The summed E-state index contributed by atoms with van der Waals surface area (Å²) in [6, 6.07) is 10.3. The Kier molecular flexibility index (Phi) is 8.85. The standard InChI is InChI=1S/C27H36O5S/c1-27(2)25(30)21(11-6-4-5-7-13-24(29)32-3)22(26(27)31)15-14-19(28)17-20-16-18-10-8-9-12-23(18)33-20/h8-10,12,14-16,19,21-22,26,28,31H,4-7,11,13,17H2,1-3H3/b15-14+/t19?,21-,22-,26+/m1/s1. The molecule has 2 N–H and O–H groups in total. The first kappa shape index (κ1) is 25.6. The van der Waals surface area contributed by atoms with E-state index in [1.165, 1.54) is 17.2 Å². The monoisotopic (exact) mass is 472 g/mol. The average molecular weight is 473 g/mol. The van der Waals surface area contributed by atoms with Crippen LogP contribution in [0.4, 0.5) is 0 Å². The third kappa shape index (κ3) is 6.31. The van der Waals surface area contributed by atoms with Crippen molar-refractivity contribution in [1.82, 2.24) is 0 Å². The summed E-state index contributed by atoms with van der Waals surface area (Å²) in [7, 11) is 1.40. The summed E-state index contributed by atoms with van der Waals surface area (Å²) in [6.07, 6.45) is 7.33. The van der Waals surface area contributed by atoms with E-state index in [4.69, 9.17) is 0 Å². The quantitative estimate of drug-likeness (QED) is 0.271. The molecule has 6 heteroatoms. The highest BCUT2D eigenvalue weighted by Crippen LogP contribution is 2.45. The van der Waals surface area contributed by atoms with Crippen molar-refractivity contribution in [3.8, 4) is 0 Å². The number of Topliss-reactive ketones (excluding diaryl/α,β-unsaturated/α-hetero) is 1. The van der Waals surface area contributed by atoms with Crippen LogP contribution in [0.15, 0.2) is 42.5 Å². The highest BCUT2D eigenvalue weighted by molar-refractivity contribution is 7.19. The molecule has 1 heterocycles. The minimum Gasteiger partial charge on any atom is -0.469 e. The molecule has 1 aromatic heterocycles. The molecule has 180 valence electrons. The number of aliphatic hydroxyl groups excluding tert-OH is 2. The van der Waals surface area contributed by atoms with Gasteiger partial charge in [0.15, 0.2) is 0 Å². The van der Waals surface area contributed by atoms with Gasteiger partial charge in [0.25, 0.3) is 0 Å². The van der Waals surface area contributed by atoms with Crippen LogP contribution in [0.1, 0.15) is 57.2 Å². The van der Waals surface area contributed by atoms with Crippen molar-refractivity contribution in [3.63, 3.8) is 0 Å². The van der Waals surface area contributed by atoms with E-state index in [1.807, 2.05) is 32.1 Å². The maximum Gasteiger partial charge on any atom is 0.305 e. The van der Waals surface area contributed by atoms with E-state index in [-0.39, 0.29) is 23.6 Å². The fraction of sp³-hybridized carbons (Fsp3) is 0.556. The van der Waals surface area contributed by atoms with Gasteiger partial charge in [0, 0.05) is 34.3 Å². The molecule has 1 saturated carbocycles. The van der Waals surface area contributed by atoms with Crippen LogP contribution < -0.4 is 0 Å². The zero-order valence-corrected chi connectivity index (χ0v) is 20.6. The number of rotatable bonds is 11. The molecular weight excluding hydrogens is 436 g/mol. The second kappa shape index (κ2) is 11.4. The number of carbonyl (C=O) groups is 2. The van der Waals surface area contributed by atoms with Gasteiger partial charge in [-0.25, -0.2) is 0 Å². The fourth-order valence-corrected chi connectivity index (χ4v) is 5.93.